The van der Waals surface area contributed by atoms with Crippen molar-refractivity contribution >= 4 is 6.03 Å². The Labute approximate surface area is 245 Å². The first-order chi connectivity index (χ1) is 20.0. The van der Waals surface area contributed by atoms with Gasteiger partial charge in [0.1, 0.15) is 11.5 Å². The van der Waals surface area contributed by atoms with Gasteiger partial charge in [-0.15, -0.1) is 0 Å². The molecule has 0 radical (unpaired) electrons. The van der Waals surface area contributed by atoms with Crippen LogP contribution in [0, 0.1) is 11.8 Å². The summed E-state index contributed by atoms with van der Waals surface area (Å²) in [5.74, 6) is 1.39. The van der Waals surface area contributed by atoms with Crippen LogP contribution in [0.15, 0.2) is 54.6 Å². The lowest BCUT2D eigenvalue weighted by Crippen LogP contribution is -2.57. The first kappa shape index (κ1) is 31.3. The average molecular weight is 568 g/mol. The zero-order chi connectivity index (χ0) is 29.1. The van der Waals surface area contributed by atoms with E-state index in [1.807, 2.05) is 66.5 Å². The number of methoxy groups -OCH3 is 1. The van der Waals surface area contributed by atoms with Crippen LogP contribution in [0.25, 0.3) is 0 Å². The molecule has 4 atom stereocenters. The number of likely N-dealkylation sites (tertiary alicyclic amines) is 1. The fraction of sp³-hybridized carbons (Fsp3) is 0.606. The third-order valence-electron chi connectivity index (χ3n) is 8.89. The molecule has 0 bridgehead atoms. The number of nitrogens with zero attached hydrogens (tertiary/aromatic N) is 1. The maximum absolute atomic E-state index is 13.6. The summed E-state index contributed by atoms with van der Waals surface area (Å²) in [6.45, 7) is 2.19. The predicted octanol–water partition coefficient (Wildman–Crippen LogP) is 5.04. The van der Waals surface area contributed by atoms with Gasteiger partial charge in [-0.05, 0) is 76.1 Å². The molecule has 1 aliphatic heterocycles. The van der Waals surface area contributed by atoms with E-state index in [9.17, 15) is 15.0 Å². The Hall–Kier alpha value is -2.65. The molecule has 226 valence electrons. The molecule has 1 heterocycles. The zero-order valence-electron chi connectivity index (χ0n) is 24.8. The van der Waals surface area contributed by atoms with Gasteiger partial charge >= 0.3 is 6.03 Å². The van der Waals surface area contributed by atoms with Crippen LogP contribution in [-0.2, 0) is 10.3 Å². The van der Waals surface area contributed by atoms with E-state index in [-0.39, 0.29) is 23.9 Å². The Morgan fingerprint density at radius 3 is 2.51 bits per heavy atom. The molecule has 0 spiro atoms. The molecule has 1 saturated heterocycles. The van der Waals surface area contributed by atoms with Crippen LogP contribution in [0.4, 0.5) is 4.79 Å². The number of rotatable bonds is 14. The van der Waals surface area contributed by atoms with Crippen molar-refractivity contribution < 1.29 is 24.5 Å². The minimum atomic E-state index is -1.19. The van der Waals surface area contributed by atoms with Gasteiger partial charge in [-0.25, -0.2) is 4.79 Å². The van der Waals surface area contributed by atoms with E-state index in [1.165, 1.54) is 0 Å². The molecular weight excluding hydrogens is 518 g/mol. The molecule has 0 aromatic heterocycles. The molecule has 2 fully saturated rings. The predicted molar refractivity (Wildman–Crippen MR) is 161 cm³/mol. The van der Waals surface area contributed by atoms with E-state index < -0.39 is 11.7 Å². The molecule has 0 unspecified atom stereocenters. The Bertz CT molecular complexity index is 1060. The Kier molecular flexibility index (Phi) is 11.9. The minimum absolute atomic E-state index is 0.174. The van der Waals surface area contributed by atoms with E-state index in [2.05, 4.69) is 10.6 Å². The summed E-state index contributed by atoms with van der Waals surface area (Å²) >= 11 is 0. The highest BCUT2D eigenvalue weighted by molar-refractivity contribution is 5.74. The average Bonchev–Trinajstić information content (AvgIpc) is 3.55. The molecule has 1 saturated carbocycles. The van der Waals surface area contributed by atoms with Crippen LogP contribution in [0.2, 0.25) is 0 Å². The van der Waals surface area contributed by atoms with Crippen molar-refractivity contribution in [1.29, 1.82) is 0 Å². The van der Waals surface area contributed by atoms with E-state index >= 15 is 0 Å². The number of hydrogen-bond acceptors (Lipinski definition) is 6. The van der Waals surface area contributed by atoms with Crippen LogP contribution >= 0.6 is 0 Å². The lowest BCUT2D eigenvalue weighted by atomic mass is 9.73. The van der Waals surface area contributed by atoms with Crippen LogP contribution in [0.5, 0.6) is 11.5 Å². The van der Waals surface area contributed by atoms with Crippen molar-refractivity contribution in [2.24, 2.45) is 11.8 Å². The quantitative estimate of drug-likeness (QED) is 0.239. The number of piperidine rings is 1. The third kappa shape index (κ3) is 8.22. The van der Waals surface area contributed by atoms with Crippen LogP contribution in [-0.4, -0.2) is 73.7 Å². The number of benzene rings is 2. The number of likely N-dealkylation sites (N-methyl/N-ethyl adjacent to an activating group) is 1. The van der Waals surface area contributed by atoms with Gasteiger partial charge in [0.2, 0.25) is 0 Å². The van der Waals surface area contributed by atoms with Gasteiger partial charge in [-0.1, -0.05) is 49.2 Å². The molecule has 1 aliphatic carbocycles. The fourth-order valence-electron chi connectivity index (χ4n) is 6.63. The number of unbranched alkanes of at least 4 members (excludes halogenated alkanes) is 1. The number of carbonyl (C=O) groups is 1. The molecule has 4 rings (SSSR count). The summed E-state index contributed by atoms with van der Waals surface area (Å²) in [7, 11) is 3.54. The first-order valence-corrected chi connectivity index (χ1v) is 15.4. The minimum Gasteiger partial charge on any atom is -0.457 e. The smallest absolute Gasteiger partial charge is 0.317 e. The number of aliphatic hydroxyl groups is 2. The number of carbonyl (C=O) groups excluding carboxylic acids is 1. The Balaban J connectivity index is 1.54. The molecule has 8 heteroatoms. The van der Waals surface area contributed by atoms with E-state index in [4.69, 9.17) is 9.47 Å². The van der Waals surface area contributed by atoms with Crippen LogP contribution in [0.1, 0.15) is 63.4 Å². The second-order valence-corrected chi connectivity index (χ2v) is 11.7. The highest BCUT2D eigenvalue weighted by Gasteiger charge is 2.43. The Morgan fingerprint density at radius 2 is 1.78 bits per heavy atom. The second kappa shape index (κ2) is 15.5. The third-order valence-corrected chi connectivity index (χ3v) is 8.89. The maximum atomic E-state index is 13.6. The molecule has 41 heavy (non-hydrogen) atoms. The normalized spacial score (nSPS) is 20.8. The zero-order valence-corrected chi connectivity index (χ0v) is 24.8. The molecule has 2 aromatic rings. The molecule has 2 aliphatic rings. The number of urea groups is 1. The topological polar surface area (TPSA) is 103 Å². The summed E-state index contributed by atoms with van der Waals surface area (Å²) in [4.78, 5) is 15.4. The molecule has 8 nitrogen and oxygen atoms in total. The van der Waals surface area contributed by atoms with Gasteiger partial charge in [0.05, 0.1) is 17.7 Å². The van der Waals surface area contributed by atoms with E-state index in [1.54, 1.807) is 7.11 Å². The van der Waals surface area contributed by atoms with Crippen molar-refractivity contribution in [3.05, 3.63) is 60.2 Å². The summed E-state index contributed by atoms with van der Waals surface area (Å²) in [6, 6.07) is 16.8. The van der Waals surface area contributed by atoms with Gasteiger partial charge in [0.15, 0.2) is 0 Å². The summed E-state index contributed by atoms with van der Waals surface area (Å²) in [5.41, 5.74) is -0.440. The van der Waals surface area contributed by atoms with Gasteiger partial charge in [0, 0.05) is 44.8 Å². The molecule has 2 aromatic carbocycles. The van der Waals surface area contributed by atoms with Gasteiger partial charge < -0.3 is 35.2 Å². The summed E-state index contributed by atoms with van der Waals surface area (Å²) in [6.07, 6.45) is 7.45. The number of para-hydroxylation sites is 2. The lowest BCUT2D eigenvalue weighted by Gasteiger charge is -2.43. The van der Waals surface area contributed by atoms with Crippen molar-refractivity contribution in [2.75, 3.05) is 40.4 Å². The van der Waals surface area contributed by atoms with E-state index in [0.717, 1.165) is 56.9 Å². The van der Waals surface area contributed by atoms with Gasteiger partial charge in [-0.3, -0.25) is 0 Å². The Morgan fingerprint density at radius 1 is 1.05 bits per heavy atom. The van der Waals surface area contributed by atoms with E-state index in [0.29, 0.717) is 44.2 Å². The van der Waals surface area contributed by atoms with Crippen molar-refractivity contribution in [2.45, 2.75) is 75.5 Å². The number of amides is 2. The highest BCUT2D eigenvalue weighted by Crippen LogP contribution is 2.44. The largest absolute Gasteiger partial charge is 0.457 e. The SMILES string of the molecule is CNC[C@@H](NC(=O)N1CCC[C@@H]([C@@](O)(CCCCOC)c2ccccc2Oc2ccccc2)C1)[C@H](O)C1CCCC1. The summed E-state index contributed by atoms with van der Waals surface area (Å²) < 4.78 is 11.6. The molecule has 2 amide bonds. The first-order valence-electron chi connectivity index (χ1n) is 15.4. The van der Waals surface area contributed by atoms with Crippen LogP contribution in [0.3, 0.4) is 0 Å². The number of hydrogen-bond donors (Lipinski definition) is 4. The second-order valence-electron chi connectivity index (χ2n) is 11.7. The number of ether oxygens (including phenoxy) is 2. The highest BCUT2D eigenvalue weighted by atomic mass is 16.5. The monoisotopic (exact) mass is 567 g/mol. The van der Waals surface area contributed by atoms with Gasteiger partial charge in [-0.2, -0.15) is 0 Å². The number of nitrogens with one attached hydrogen (secondary N) is 2. The molecule has 4 N–H and O–H groups in total. The van der Waals surface area contributed by atoms with Gasteiger partial charge in [0.25, 0.3) is 0 Å². The lowest BCUT2D eigenvalue weighted by molar-refractivity contribution is -0.0577. The van der Waals surface area contributed by atoms with Crippen molar-refractivity contribution in [1.82, 2.24) is 15.5 Å². The summed E-state index contributed by atoms with van der Waals surface area (Å²) in [5, 5.41) is 29.9. The van der Waals surface area contributed by atoms with Crippen molar-refractivity contribution in [3.63, 3.8) is 0 Å². The maximum Gasteiger partial charge on any atom is 0.317 e. The fourth-order valence-corrected chi connectivity index (χ4v) is 6.63. The van der Waals surface area contributed by atoms with Crippen LogP contribution < -0.4 is 15.4 Å². The standard InChI is InChI=1S/C33H49N3O5/c1-34-23-29(31(37)25-13-6-7-14-25)35-32(38)36-21-12-15-26(24-36)33(39,20-10-11-22-40-2)28-18-8-9-19-30(28)41-27-16-4-3-5-17-27/h3-5,8-9,16-19,25-26,29,31,34,37,39H,6-7,10-15,20-24H2,1-2H3,(H,35,38)/t26-,29-,31-,33+/m1/s1. The molecular formula is C33H49N3O5. The van der Waals surface area contributed by atoms with Crippen molar-refractivity contribution in [3.8, 4) is 11.5 Å². The number of aliphatic hydroxyl groups excluding tert-OH is 1.